The third kappa shape index (κ3) is 5.46. The minimum atomic E-state index is 0.0928. The zero-order valence-electron chi connectivity index (χ0n) is 23.5. The van der Waals surface area contributed by atoms with Crippen molar-refractivity contribution in [2.24, 2.45) is 13.0 Å². The second kappa shape index (κ2) is 10.0. The van der Waals surface area contributed by atoms with Crippen LogP contribution in [0.4, 0.5) is 0 Å². The quantitative estimate of drug-likeness (QED) is 0.436. The summed E-state index contributed by atoms with van der Waals surface area (Å²) in [5.41, 5.74) is 8.08. The lowest BCUT2D eigenvalue weighted by molar-refractivity contribution is 0.0919. The van der Waals surface area contributed by atoms with E-state index in [1.54, 1.807) is 0 Å². The monoisotopic (exact) mass is 488 g/mol. The molecule has 5 rings (SSSR count). The lowest BCUT2D eigenvalue weighted by Gasteiger charge is -2.25. The van der Waals surface area contributed by atoms with Gasteiger partial charge >= 0.3 is 0 Å². The fraction of sp³-hybridized carbons (Fsp3) is 0.667. The summed E-state index contributed by atoms with van der Waals surface area (Å²) in [6.45, 7) is 9.38. The van der Waals surface area contributed by atoms with E-state index in [2.05, 4.69) is 68.9 Å². The molecule has 2 aromatic rings. The Labute approximate surface area is 219 Å². The van der Waals surface area contributed by atoms with Gasteiger partial charge in [0.15, 0.2) is 0 Å². The predicted molar refractivity (Wildman–Crippen MR) is 151 cm³/mol. The maximum absolute atomic E-state index is 13.6. The number of nitrogens with zero attached hydrogens (tertiary/aromatic N) is 1. The minimum absolute atomic E-state index is 0.0928. The van der Waals surface area contributed by atoms with Crippen LogP contribution < -0.4 is 5.32 Å². The van der Waals surface area contributed by atoms with Crippen LogP contribution >= 0.6 is 0 Å². The first-order valence-electron chi connectivity index (χ1n) is 14.8. The molecule has 1 heterocycles. The van der Waals surface area contributed by atoms with Crippen molar-refractivity contribution >= 4 is 5.91 Å². The average molecular weight is 489 g/mol. The van der Waals surface area contributed by atoms with Crippen LogP contribution in [0.5, 0.6) is 0 Å². The Morgan fingerprint density at radius 2 is 1.58 bits per heavy atom. The number of benzene rings is 1. The fourth-order valence-electron chi connectivity index (χ4n) is 6.57. The van der Waals surface area contributed by atoms with Crippen LogP contribution in [0.25, 0.3) is 11.1 Å². The van der Waals surface area contributed by atoms with Gasteiger partial charge in [0, 0.05) is 24.3 Å². The van der Waals surface area contributed by atoms with Gasteiger partial charge in [-0.2, -0.15) is 0 Å². The minimum Gasteiger partial charge on any atom is -0.348 e. The number of amides is 1. The molecule has 0 radical (unpaired) electrons. The van der Waals surface area contributed by atoms with Gasteiger partial charge in [0.25, 0.3) is 5.91 Å². The summed E-state index contributed by atoms with van der Waals surface area (Å²) in [5.74, 6) is 0.841. The maximum atomic E-state index is 13.6. The number of hydrogen-bond donors (Lipinski definition) is 1. The van der Waals surface area contributed by atoms with Crippen molar-refractivity contribution in [3.8, 4) is 11.1 Å². The summed E-state index contributed by atoms with van der Waals surface area (Å²) in [6.07, 6.45) is 16.4. The highest BCUT2D eigenvalue weighted by molar-refractivity contribution is 5.95. The maximum Gasteiger partial charge on any atom is 0.268 e. The molecule has 1 amide bonds. The van der Waals surface area contributed by atoms with E-state index >= 15 is 0 Å². The van der Waals surface area contributed by atoms with Crippen molar-refractivity contribution in [2.75, 3.05) is 0 Å². The number of carbonyl (C=O) groups is 1. The Bertz CT molecular complexity index is 1060. The molecule has 0 saturated heterocycles. The first-order chi connectivity index (χ1) is 17.1. The highest BCUT2D eigenvalue weighted by Crippen LogP contribution is 2.49. The number of carbonyl (C=O) groups excluding carboxylic acids is 1. The molecular formula is C33H48N2O. The molecule has 3 aliphatic carbocycles. The van der Waals surface area contributed by atoms with Crippen LogP contribution in [-0.2, 0) is 24.3 Å². The van der Waals surface area contributed by atoms with E-state index in [-0.39, 0.29) is 11.3 Å². The molecule has 0 spiro atoms. The zero-order chi connectivity index (χ0) is 25.5. The Hall–Kier alpha value is -2.03. The molecule has 0 aliphatic heterocycles. The van der Waals surface area contributed by atoms with Gasteiger partial charge in [-0.15, -0.1) is 0 Å². The molecule has 0 atom stereocenters. The molecule has 0 unspecified atom stereocenters. The normalized spacial score (nSPS) is 20.9. The molecule has 3 heteroatoms. The van der Waals surface area contributed by atoms with Crippen LogP contribution in [0.3, 0.4) is 0 Å². The summed E-state index contributed by atoms with van der Waals surface area (Å²) < 4.78 is 2.24. The van der Waals surface area contributed by atoms with Gasteiger partial charge < -0.3 is 9.88 Å². The summed E-state index contributed by atoms with van der Waals surface area (Å²) in [5, 5.41) is 3.39. The van der Waals surface area contributed by atoms with Gasteiger partial charge in [-0.05, 0) is 71.6 Å². The second-order valence-electron chi connectivity index (χ2n) is 13.6. The number of rotatable bonds is 6. The van der Waals surface area contributed by atoms with Crippen LogP contribution in [0.1, 0.15) is 132 Å². The van der Waals surface area contributed by atoms with Crippen LogP contribution in [0.2, 0.25) is 0 Å². The Morgan fingerprint density at radius 3 is 2.19 bits per heavy atom. The van der Waals surface area contributed by atoms with Crippen LogP contribution in [-0.4, -0.2) is 16.5 Å². The lowest BCUT2D eigenvalue weighted by atomic mass is 9.81. The molecule has 3 aliphatic rings. The fourth-order valence-corrected chi connectivity index (χ4v) is 6.57. The van der Waals surface area contributed by atoms with E-state index in [1.807, 2.05) is 0 Å². The van der Waals surface area contributed by atoms with Crippen molar-refractivity contribution in [1.82, 2.24) is 9.88 Å². The highest BCUT2D eigenvalue weighted by atomic mass is 16.2. The van der Waals surface area contributed by atoms with Crippen molar-refractivity contribution in [2.45, 2.75) is 128 Å². The van der Waals surface area contributed by atoms with Gasteiger partial charge in [0.2, 0.25) is 0 Å². The number of hydrogen-bond acceptors (Lipinski definition) is 1. The largest absolute Gasteiger partial charge is 0.348 e. The third-order valence-corrected chi connectivity index (χ3v) is 9.54. The summed E-state index contributed by atoms with van der Waals surface area (Å²) in [4.78, 5) is 13.6. The van der Waals surface area contributed by atoms with E-state index in [0.29, 0.717) is 11.5 Å². The number of aromatic nitrogens is 1. The first-order valence-corrected chi connectivity index (χ1v) is 14.8. The molecule has 196 valence electrons. The SMILES string of the molecule is Cn1c(C(=O)NC2CCCCC2)cc(-c2cc(C(C)(C)C)cc(C3(C)CC3)c2)c1CC1CCCCC1. The summed E-state index contributed by atoms with van der Waals surface area (Å²) >= 11 is 0. The van der Waals surface area contributed by atoms with Crippen molar-refractivity contribution < 1.29 is 4.79 Å². The topological polar surface area (TPSA) is 34.0 Å². The van der Waals surface area contributed by atoms with Crippen molar-refractivity contribution in [1.29, 1.82) is 0 Å². The smallest absolute Gasteiger partial charge is 0.268 e. The van der Waals surface area contributed by atoms with Gasteiger partial charge in [-0.3, -0.25) is 4.79 Å². The van der Waals surface area contributed by atoms with E-state index in [1.165, 1.54) is 92.2 Å². The molecule has 3 fully saturated rings. The zero-order valence-corrected chi connectivity index (χ0v) is 23.5. The molecule has 3 saturated carbocycles. The summed E-state index contributed by atoms with van der Waals surface area (Å²) in [7, 11) is 2.13. The first kappa shape index (κ1) is 25.6. The highest BCUT2D eigenvalue weighted by Gasteiger charge is 2.40. The van der Waals surface area contributed by atoms with E-state index in [0.717, 1.165) is 30.9 Å². The second-order valence-corrected chi connectivity index (χ2v) is 13.6. The molecule has 3 nitrogen and oxygen atoms in total. The van der Waals surface area contributed by atoms with Crippen molar-refractivity contribution in [3.05, 3.63) is 46.8 Å². The van der Waals surface area contributed by atoms with Gasteiger partial charge in [-0.25, -0.2) is 0 Å². The molecule has 1 aromatic carbocycles. The van der Waals surface area contributed by atoms with E-state index in [9.17, 15) is 4.79 Å². The van der Waals surface area contributed by atoms with Crippen molar-refractivity contribution in [3.63, 3.8) is 0 Å². The molecular weight excluding hydrogens is 440 g/mol. The predicted octanol–water partition coefficient (Wildman–Crippen LogP) is 8.23. The van der Waals surface area contributed by atoms with Crippen LogP contribution in [0.15, 0.2) is 24.3 Å². The molecule has 36 heavy (non-hydrogen) atoms. The number of nitrogens with one attached hydrogen (secondary N) is 1. The van der Waals surface area contributed by atoms with Crippen LogP contribution in [0, 0.1) is 5.92 Å². The lowest BCUT2D eigenvalue weighted by Crippen LogP contribution is -2.37. The van der Waals surface area contributed by atoms with Gasteiger partial charge in [-0.1, -0.05) is 97.3 Å². The van der Waals surface area contributed by atoms with Gasteiger partial charge in [0.05, 0.1) is 0 Å². The molecule has 1 N–H and O–H groups in total. The molecule has 0 bridgehead atoms. The molecule has 1 aromatic heterocycles. The Balaban J connectivity index is 1.56. The Morgan fingerprint density at radius 1 is 0.944 bits per heavy atom. The van der Waals surface area contributed by atoms with E-state index in [4.69, 9.17) is 0 Å². The summed E-state index contributed by atoms with van der Waals surface area (Å²) in [6, 6.07) is 9.87. The standard InChI is InChI=1S/C33H48N2O/c1-32(2,3)25-19-24(20-26(21-25)33(4)16-17-33)28-22-30(31(36)34-27-14-10-7-11-15-27)35(5)29(28)18-23-12-8-6-9-13-23/h19-23,27H,6-18H2,1-5H3,(H,34,36). The average Bonchev–Trinajstić information content (AvgIpc) is 3.54. The van der Waals surface area contributed by atoms with E-state index < -0.39 is 0 Å². The Kier molecular flexibility index (Phi) is 7.13. The van der Waals surface area contributed by atoms with Gasteiger partial charge in [0.1, 0.15) is 5.69 Å². The third-order valence-electron chi connectivity index (χ3n) is 9.54.